The quantitative estimate of drug-likeness (QED) is 0.802. The highest BCUT2D eigenvalue weighted by atomic mass is 16.4. The molecule has 3 nitrogen and oxygen atoms in total. The number of carbonyl (C=O) groups is 1. The Morgan fingerprint density at radius 2 is 2.07 bits per heavy atom. The normalized spacial score (nSPS) is 25.5. The Labute approximate surface area is 89.3 Å². The second-order valence-corrected chi connectivity index (χ2v) is 4.18. The van der Waals surface area contributed by atoms with Crippen molar-refractivity contribution in [3.63, 3.8) is 0 Å². The van der Waals surface area contributed by atoms with E-state index in [0.29, 0.717) is 5.92 Å². The summed E-state index contributed by atoms with van der Waals surface area (Å²) < 4.78 is 0. The monoisotopic (exact) mass is 205 g/mol. The van der Waals surface area contributed by atoms with Crippen LogP contribution in [0.4, 0.5) is 5.69 Å². The van der Waals surface area contributed by atoms with Crippen molar-refractivity contribution in [2.75, 3.05) is 11.4 Å². The van der Waals surface area contributed by atoms with Crippen LogP contribution in [0.25, 0.3) is 0 Å². The summed E-state index contributed by atoms with van der Waals surface area (Å²) in [5, 5.41) is 9.12. The van der Waals surface area contributed by atoms with Crippen LogP contribution < -0.4 is 4.90 Å². The van der Waals surface area contributed by atoms with Gasteiger partial charge in [0, 0.05) is 12.2 Å². The second-order valence-electron chi connectivity index (χ2n) is 4.18. The highest BCUT2D eigenvalue weighted by Crippen LogP contribution is 2.28. The fourth-order valence-electron chi connectivity index (χ4n) is 2.18. The van der Waals surface area contributed by atoms with E-state index < -0.39 is 5.97 Å². The first kappa shape index (κ1) is 10.0. The van der Waals surface area contributed by atoms with Gasteiger partial charge in [0.15, 0.2) is 0 Å². The van der Waals surface area contributed by atoms with Crippen LogP contribution in [0.1, 0.15) is 13.3 Å². The molecule has 0 saturated carbocycles. The predicted octanol–water partition coefficient (Wildman–Crippen LogP) is 1.99. The maximum atomic E-state index is 11.1. The highest BCUT2D eigenvalue weighted by Gasteiger charge is 2.34. The zero-order valence-electron chi connectivity index (χ0n) is 8.76. The Morgan fingerprint density at radius 1 is 1.40 bits per heavy atom. The molecule has 1 heterocycles. The molecule has 1 fully saturated rings. The van der Waals surface area contributed by atoms with E-state index in [1.165, 1.54) is 0 Å². The van der Waals surface area contributed by atoms with Crippen molar-refractivity contribution < 1.29 is 9.90 Å². The molecule has 0 unspecified atom stereocenters. The molecule has 1 aliphatic rings. The van der Waals surface area contributed by atoms with Gasteiger partial charge in [-0.2, -0.15) is 0 Å². The average molecular weight is 205 g/mol. The summed E-state index contributed by atoms with van der Waals surface area (Å²) in [7, 11) is 0. The number of benzene rings is 1. The number of rotatable bonds is 2. The van der Waals surface area contributed by atoms with E-state index in [0.717, 1.165) is 18.7 Å². The zero-order chi connectivity index (χ0) is 10.8. The van der Waals surface area contributed by atoms with Crippen molar-refractivity contribution >= 4 is 11.7 Å². The number of carboxylic acid groups (broad SMARTS) is 1. The minimum atomic E-state index is -0.719. The van der Waals surface area contributed by atoms with Crippen LogP contribution in [0, 0.1) is 5.92 Å². The van der Waals surface area contributed by atoms with Crippen molar-refractivity contribution in [3.8, 4) is 0 Å². The summed E-state index contributed by atoms with van der Waals surface area (Å²) in [6.07, 6.45) is 0.740. The molecule has 2 rings (SSSR count). The summed E-state index contributed by atoms with van der Waals surface area (Å²) >= 11 is 0. The molecule has 0 spiro atoms. The number of hydrogen-bond acceptors (Lipinski definition) is 2. The summed E-state index contributed by atoms with van der Waals surface area (Å²) in [6, 6.07) is 9.40. The number of para-hydroxylation sites is 1. The molecule has 2 atom stereocenters. The summed E-state index contributed by atoms with van der Waals surface area (Å²) in [4.78, 5) is 13.1. The molecule has 0 bridgehead atoms. The van der Waals surface area contributed by atoms with Gasteiger partial charge >= 0.3 is 5.97 Å². The van der Waals surface area contributed by atoms with Crippen LogP contribution >= 0.6 is 0 Å². The lowest BCUT2D eigenvalue weighted by atomic mass is 10.1. The van der Waals surface area contributed by atoms with Crippen molar-refractivity contribution in [3.05, 3.63) is 30.3 Å². The molecule has 1 saturated heterocycles. The smallest absolute Gasteiger partial charge is 0.326 e. The van der Waals surface area contributed by atoms with Gasteiger partial charge in [0.2, 0.25) is 0 Å². The molecular weight excluding hydrogens is 190 g/mol. The lowest BCUT2D eigenvalue weighted by molar-refractivity contribution is -0.138. The molecular formula is C12H15NO2. The van der Waals surface area contributed by atoms with Crippen LogP contribution in [0.2, 0.25) is 0 Å². The number of anilines is 1. The minimum absolute atomic E-state index is 0.359. The Kier molecular flexibility index (Phi) is 2.62. The molecule has 0 aromatic heterocycles. The minimum Gasteiger partial charge on any atom is -0.480 e. The molecule has 1 aliphatic heterocycles. The maximum Gasteiger partial charge on any atom is 0.326 e. The van der Waals surface area contributed by atoms with Gasteiger partial charge in [0.1, 0.15) is 6.04 Å². The third-order valence-corrected chi connectivity index (χ3v) is 2.88. The van der Waals surface area contributed by atoms with Crippen molar-refractivity contribution in [1.29, 1.82) is 0 Å². The average Bonchev–Trinajstić information content (AvgIpc) is 2.62. The van der Waals surface area contributed by atoms with Crippen LogP contribution in [0.15, 0.2) is 30.3 Å². The topological polar surface area (TPSA) is 40.5 Å². The lowest BCUT2D eigenvalue weighted by Gasteiger charge is -2.23. The predicted molar refractivity (Wildman–Crippen MR) is 59.0 cm³/mol. The number of nitrogens with zero attached hydrogens (tertiary/aromatic N) is 1. The first-order valence-corrected chi connectivity index (χ1v) is 5.23. The molecule has 15 heavy (non-hydrogen) atoms. The second kappa shape index (κ2) is 3.93. The molecule has 0 radical (unpaired) electrons. The fraction of sp³-hybridized carbons (Fsp3) is 0.417. The van der Waals surface area contributed by atoms with Crippen molar-refractivity contribution in [2.24, 2.45) is 5.92 Å². The Hall–Kier alpha value is -1.51. The Balaban J connectivity index is 2.24. The van der Waals surface area contributed by atoms with Gasteiger partial charge in [-0.25, -0.2) is 4.79 Å². The molecule has 1 N–H and O–H groups in total. The van der Waals surface area contributed by atoms with Crippen LogP contribution in [0.5, 0.6) is 0 Å². The van der Waals surface area contributed by atoms with Gasteiger partial charge in [-0.05, 0) is 24.5 Å². The third kappa shape index (κ3) is 1.96. The van der Waals surface area contributed by atoms with Crippen molar-refractivity contribution in [2.45, 2.75) is 19.4 Å². The van der Waals surface area contributed by atoms with Crippen LogP contribution in [-0.4, -0.2) is 23.7 Å². The number of hydrogen-bond donors (Lipinski definition) is 1. The van der Waals surface area contributed by atoms with E-state index in [1.807, 2.05) is 35.2 Å². The molecule has 80 valence electrons. The van der Waals surface area contributed by atoms with E-state index in [2.05, 4.69) is 6.92 Å². The summed E-state index contributed by atoms with van der Waals surface area (Å²) in [6.45, 7) is 2.93. The third-order valence-electron chi connectivity index (χ3n) is 2.88. The van der Waals surface area contributed by atoms with Gasteiger partial charge in [-0.15, -0.1) is 0 Å². The summed E-state index contributed by atoms with van der Waals surface area (Å²) in [5.41, 5.74) is 1.01. The van der Waals surface area contributed by atoms with E-state index in [4.69, 9.17) is 5.11 Å². The molecule has 3 heteroatoms. The van der Waals surface area contributed by atoms with Gasteiger partial charge in [0.25, 0.3) is 0 Å². The van der Waals surface area contributed by atoms with E-state index >= 15 is 0 Å². The van der Waals surface area contributed by atoms with Gasteiger partial charge < -0.3 is 10.0 Å². The fourth-order valence-corrected chi connectivity index (χ4v) is 2.18. The maximum absolute atomic E-state index is 11.1. The first-order valence-electron chi connectivity index (χ1n) is 5.23. The first-order chi connectivity index (χ1) is 7.18. The lowest BCUT2D eigenvalue weighted by Crippen LogP contribution is -2.35. The zero-order valence-corrected chi connectivity index (χ0v) is 8.76. The highest BCUT2D eigenvalue weighted by molar-refractivity contribution is 5.79. The van der Waals surface area contributed by atoms with Crippen LogP contribution in [-0.2, 0) is 4.79 Å². The molecule has 1 aromatic rings. The summed E-state index contributed by atoms with van der Waals surface area (Å²) in [5.74, 6) is -0.269. The van der Waals surface area contributed by atoms with Gasteiger partial charge in [-0.1, -0.05) is 25.1 Å². The SMILES string of the molecule is C[C@@H]1C[C@@H](C(=O)O)N(c2ccccc2)C1. The largest absolute Gasteiger partial charge is 0.480 e. The van der Waals surface area contributed by atoms with Crippen molar-refractivity contribution in [1.82, 2.24) is 0 Å². The molecule has 0 amide bonds. The van der Waals surface area contributed by atoms with Gasteiger partial charge in [-0.3, -0.25) is 0 Å². The van der Waals surface area contributed by atoms with E-state index in [1.54, 1.807) is 0 Å². The number of aliphatic carboxylic acids is 1. The number of carboxylic acids is 1. The Morgan fingerprint density at radius 3 is 2.67 bits per heavy atom. The van der Waals surface area contributed by atoms with Gasteiger partial charge in [0.05, 0.1) is 0 Å². The molecule has 0 aliphatic carbocycles. The van der Waals surface area contributed by atoms with E-state index in [-0.39, 0.29) is 6.04 Å². The van der Waals surface area contributed by atoms with E-state index in [9.17, 15) is 4.79 Å². The van der Waals surface area contributed by atoms with Crippen LogP contribution in [0.3, 0.4) is 0 Å². The molecule has 1 aromatic carbocycles. The Bertz CT molecular complexity index is 350. The standard InChI is InChI=1S/C12H15NO2/c1-9-7-11(12(14)15)13(8-9)10-5-3-2-4-6-10/h2-6,9,11H,7-8H2,1H3,(H,14,15)/t9-,11+/m1/s1.